The minimum atomic E-state index is 0.397. The second kappa shape index (κ2) is 10.4. The number of halogens is 2. The van der Waals surface area contributed by atoms with Crippen LogP contribution in [0.1, 0.15) is 25.3 Å². The van der Waals surface area contributed by atoms with Crippen molar-refractivity contribution < 1.29 is 4.74 Å². The normalized spacial score (nSPS) is 12.4. The molecule has 0 saturated heterocycles. The van der Waals surface area contributed by atoms with E-state index in [0.29, 0.717) is 6.04 Å². The molecule has 6 heteroatoms. The fourth-order valence-electron chi connectivity index (χ4n) is 2.81. The van der Waals surface area contributed by atoms with Gasteiger partial charge in [0.05, 0.1) is 6.61 Å². The van der Waals surface area contributed by atoms with Gasteiger partial charge >= 0.3 is 0 Å². The van der Waals surface area contributed by atoms with Gasteiger partial charge in [0.15, 0.2) is 0 Å². The van der Waals surface area contributed by atoms with E-state index in [1.165, 1.54) is 15.8 Å². The highest BCUT2D eigenvalue weighted by Crippen LogP contribution is 2.24. The molecule has 1 heterocycles. The second-order valence-electron chi connectivity index (χ2n) is 6.53. The Balaban J connectivity index is 1.45. The first-order chi connectivity index (χ1) is 13.2. The van der Waals surface area contributed by atoms with Crippen LogP contribution >= 0.6 is 39.5 Å². The zero-order valence-electron chi connectivity index (χ0n) is 15.3. The minimum absolute atomic E-state index is 0.397. The highest BCUT2D eigenvalue weighted by molar-refractivity contribution is 9.09. The van der Waals surface area contributed by atoms with E-state index in [2.05, 4.69) is 50.9 Å². The van der Waals surface area contributed by atoms with Gasteiger partial charge < -0.3 is 9.72 Å². The largest absolute Gasteiger partial charge is 0.494 e. The van der Waals surface area contributed by atoms with Crippen LogP contribution in [-0.2, 0) is 6.42 Å². The number of nitrogens with one attached hydrogen (secondary N) is 2. The van der Waals surface area contributed by atoms with E-state index in [9.17, 15) is 0 Å². The summed E-state index contributed by atoms with van der Waals surface area (Å²) >= 11 is 11.2. The lowest BCUT2D eigenvalue weighted by molar-refractivity contribution is 0.319. The number of aryl methyl sites for hydroxylation is 1. The van der Waals surface area contributed by atoms with Gasteiger partial charge in [-0.15, -0.1) is 0 Å². The summed E-state index contributed by atoms with van der Waals surface area (Å²) in [6.07, 6.45) is 5.17. The number of hydrogen-bond donors (Lipinski definition) is 2. The molecule has 1 aromatic heterocycles. The molecule has 2 aromatic carbocycles. The number of hydrogen-bond acceptors (Lipinski definition) is 3. The molecular weight excluding hydrogens is 444 g/mol. The molecule has 1 unspecified atom stereocenters. The molecule has 0 spiro atoms. The number of aromatic amines is 1. The lowest BCUT2D eigenvalue weighted by Gasteiger charge is -2.13. The molecule has 27 heavy (non-hydrogen) atoms. The summed E-state index contributed by atoms with van der Waals surface area (Å²) in [5, 5.41) is 2.97. The van der Waals surface area contributed by atoms with E-state index < -0.39 is 0 Å². The van der Waals surface area contributed by atoms with Crippen molar-refractivity contribution in [3.05, 3.63) is 59.2 Å². The number of benzene rings is 2. The molecular formula is C21H24BrClN2OS. The Morgan fingerprint density at radius 1 is 1.22 bits per heavy atom. The van der Waals surface area contributed by atoms with Crippen LogP contribution in [0.4, 0.5) is 0 Å². The molecule has 0 aliphatic carbocycles. The standard InChI is InChI=1S/C21H24BrClN2OS/c1-15(3-4-16-14-24-21-10-5-17(23)13-20(16)21)25-27-19-8-6-18(7-9-19)26-12-2-11-22/h5-10,13-15,24-25H,2-4,11-12H2,1H3. The van der Waals surface area contributed by atoms with Crippen molar-refractivity contribution in [2.24, 2.45) is 0 Å². The highest BCUT2D eigenvalue weighted by atomic mass is 79.9. The number of rotatable bonds is 10. The van der Waals surface area contributed by atoms with Gasteiger partial charge in [0, 0.05) is 38.4 Å². The van der Waals surface area contributed by atoms with Crippen LogP contribution in [0.25, 0.3) is 10.9 Å². The fourth-order valence-corrected chi connectivity index (χ4v) is 3.93. The molecule has 0 aliphatic heterocycles. The molecule has 0 radical (unpaired) electrons. The van der Waals surface area contributed by atoms with Gasteiger partial charge in [-0.1, -0.05) is 27.5 Å². The van der Waals surface area contributed by atoms with Crippen LogP contribution in [-0.4, -0.2) is 23.0 Å². The Morgan fingerprint density at radius 2 is 2.04 bits per heavy atom. The Bertz CT molecular complexity index is 853. The monoisotopic (exact) mass is 466 g/mol. The zero-order chi connectivity index (χ0) is 19.1. The van der Waals surface area contributed by atoms with E-state index in [1.807, 2.05) is 30.3 Å². The summed E-state index contributed by atoms with van der Waals surface area (Å²) in [6, 6.07) is 14.6. The Hall–Kier alpha value is -1.14. The second-order valence-corrected chi connectivity index (χ2v) is 8.67. The average Bonchev–Trinajstić information content (AvgIpc) is 3.08. The maximum absolute atomic E-state index is 6.13. The Morgan fingerprint density at radius 3 is 2.81 bits per heavy atom. The van der Waals surface area contributed by atoms with Gasteiger partial charge in [-0.2, -0.15) is 0 Å². The first-order valence-corrected chi connectivity index (χ1v) is 11.4. The summed E-state index contributed by atoms with van der Waals surface area (Å²) in [5.41, 5.74) is 2.46. The van der Waals surface area contributed by atoms with Crippen molar-refractivity contribution in [3.63, 3.8) is 0 Å². The van der Waals surface area contributed by atoms with Crippen LogP contribution < -0.4 is 9.46 Å². The molecule has 0 amide bonds. The highest BCUT2D eigenvalue weighted by Gasteiger charge is 2.08. The summed E-state index contributed by atoms with van der Waals surface area (Å²) in [4.78, 5) is 4.51. The average molecular weight is 468 g/mol. The molecule has 0 bridgehead atoms. The van der Waals surface area contributed by atoms with Gasteiger partial charge in [-0.3, -0.25) is 4.72 Å². The van der Waals surface area contributed by atoms with Gasteiger partial charge in [0.2, 0.25) is 0 Å². The molecule has 0 saturated carbocycles. The third-order valence-electron chi connectivity index (χ3n) is 4.32. The number of H-pyrrole nitrogens is 1. The minimum Gasteiger partial charge on any atom is -0.494 e. The van der Waals surface area contributed by atoms with E-state index in [-0.39, 0.29) is 0 Å². The van der Waals surface area contributed by atoms with E-state index in [0.717, 1.165) is 47.5 Å². The quantitative estimate of drug-likeness (QED) is 0.200. The molecule has 3 nitrogen and oxygen atoms in total. The Labute approximate surface area is 178 Å². The molecule has 2 N–H and O–H groups in total. The van der Waals surface area contributed by atoms with Crippen molar-refractivity contribution >= 4 is 50.4 Å². The van der Waals surface area contributed by atoms with Gasteiger partial charge in [0.1, 0.15) is 5.75 Å². The predicted octanol–water partition coefficient (Wildman–Crippen LogP) is 6.60. The molecule has 0 fully saturated rings. The van der Waals surface area contributed by atoms with Gasteiger partial charge in [0.25, 0.3) is 0 Å². The maximum atomic E-state index is 6.13. The van der Waals surface area contributed by atoms with Crippen molar-refractivity contribution in [2.45, 2.75) is 37.1 Å². The van der Waals surface area contributed by atoms with Crippen LogP contribution in [0.5, 0.6) is 5.75 Å². The van der Waals surface area contributed by atoms with Crippen LogP contribution in [0.15, 0.2) is 53.6 Å². The summed E-state index contributed by atoms with van der Waals surface area (Å²) in [6.45, 7) is 2.96. The van der Waals surface area contributed by atoms with Crippen molar-refractivity contribution in [2.75, 3.05) is 11.9 Å². The number of aromatic nitrogens is 1. The van der Waals surface area contributed by atoms with Crippen molar-refractivity contribution in [1.29, 1.82) is 0 Å². The molecule has 3 rings (SSSR count). The third kappa shape index (κ3) is 6.18. The number of ether oxygens (including phenoxy) is 1. The molecule has 1 atom stereocenters. The first-order valence-electron chi connectivity index (χ1n) is 9.12. The summed E-state index contributed by atoms with van der Waals surface area (Å²) in [7, 11) is 0. The Kier molecular flexibility index (Phi) is 7.94. The van der Waals surface area contributed by atoms with Crippen molar-refractivity contribution in [3.8, 4) is 5.75 Å². The molecule has 3 aromatic rings. The lowest BCUT2D eigenvalue weighted by atomic mass is 10.1. The van der Waals surface area contributed by atoms with E-state index in [1.54, 1.807) is 11.9 Å². The smallest absolute Gasteiger partial charge is 0.119 e. The molecule has 144 valence electrons. The lowest BCUT2D eigenvalue weighted by Crippen LogP contribution is -2.19. The van der Waals surface area contributed by atoms with E-state index >= 15 is 0 Å². The van der Waals surface area contributed by atoms with Crippen LogP contribution in [0.3, 0.4) is 0 Å². The maximum Gasteiger partial charge on any atom is 0.119 e. The van der Waals surface area contributed by atoms with Gasteiger partial charge in [-0.25, -0.2) is 0 Å². The predicted molar refractivity (Wildman–Crippen MR) is 120 cm³/mol. The van der Waals surface area contributed by atoms with Gasteiger partial charge in [-0.05, 0) is 86.2 Å². The number of alkyl halides is 1. The number of fused-ring (bicyclic) bond motifs is 1. The van der Waals surface area contributed by atoms with Crippen LogP contribution in [0, 0.1) is 0 Å². The topological polar surface area (TPSA) is 37.0 Å². The first kappa shape index (κ1) is 20.6. The molecule has 0 aliphatic rings. The SMILES string of the molecule is CC(CCc1c[nH]c2ccc(Cl)cc12)NSc1ccc(OCCCBr)cc1. The van der Waals surface area contributed by atoms with E-state index in [4.69, 9.17) is 16.3 Å². The fraction of sp³-hybridized carbons (Fsp3) is 0.333. The third-order valence-corrected chi connectivity index (χ3v) is 6.15. The van der Waals surface area contributed by atoms with Crippen LogP contribution in [0.2, 0.25) is 5.02 Å². The zero-order valence-corrected chi connectivity index (χ0v) is 18.5. The summed E-state index contributed by atoms with van der Waals surface area (Å²) < 4.78 is 9.20. The van der Waals surface area contributed by atoms with Crippen molar-refractivity contribution in [1.82, 2.24) is 9.71 Å². The summed E-state index contributed by atoms with van der Waals surface area (Å²) in [5.74, 6) is 0.923.